The Balaban J connectivity index is 0.00000196. The number of rotatable bonds is 5. The molecule has 1 atom stereocenters. The molecule has 0 radical (unpaired) electrons. The van der Waals surface area contributed by atoms with Gasteiger partial charge in [-0.05, 0) is 31.4 Å². The monoisotopic (exact) mass is 227 g/mol. The Morgan fingerprint density at radius 1 is 1.07 bits per heavy atom. The second-order valence-electron chi connectivity index (χ2n) is 4.27. The Bertz CT molecular complexity index is 246. The van der Waals surface area contributed by atoms with Crippen LogP contribution < -0.4 is 5.32 Å². The van der Waals surface area contributed by atoms with Gasteiger partial charge in [0.05, 0.1) is 0 Å². The van der Waals surface area contributed by atoms with Crippen molar-refractivity contribution >= 4 is 12.4 Å². The van der Waals surface area contributed by atoms with Gasteiger partial charge in [0, 0.05) is 6.04 Å². The molecule has 0 aliphatic rings. The van der Waals surface area contributed by atoms with Gasteiger partial charge in [0.15, 0.2) is 0 Å². The molecule has 0 heterocycles. The molecular formula is C13H22ClN. The molecule has 0 saturated carbocycles. The fourth-order valence-electron chi connectivity index (χ4n) is 1.45. The van der Waals surface area contributed by atoms with Crippen LogP contribution in [-0.4, -0.2) is 6.54 Å². The van der Waals surface area contributed by atoms with Gasteiger partial charge >= 0.3 is 0 Å². The van der Waals surface area contributed by atoms with Gasteiger partial charge < -0.3 is 5.32 Å². The molecule has 86 valence electrons. The van der Waals surface area contributed by atoms with E-state index in [2.05, 4.69) is 56.4 Å². The second kappa shape index (κ2) is 7.72. The molecule has 0 spiro atoms. The van der Waals surface area contributed by atoms with Crippen molar-refractivity contribution in [3.63, 3.8) is 0 Å². The van der Waals surface area contributed by atoms with E-state index >= 15 is 0 Å². The van der Waals surface area contributed by atoms with Crippen molar-refractivity contribution in [2.75, 3.05) is 6.54 Å². The first-order valence-corrected chi connectivity index (χ1v) is 5.48. The van der Waals surface area contributed by atoms with Crippen molar-refractivity contribution in [1.82, 2.24) is 5.32 Å². The van der Waals surface area contributed by atoms with Gasteiger partial charge in [-0.3, -0.25) is 0 Å². The van der Waals surface area contributed by atoms with Gasteiger partial charge in [0.2, 0.25) is 0 Å². The predicted octanol–water partition coefficient (Wildman–Crippen LogP) is 3.81. The average Bonchev–Trinajstić information content (AvgIpc) is 2.18. The topological polar surface area (TPSA) is 12.0 Å². The highest BCUT2D eigenvalue weighted by atomic mass is 35.5. The van der Waals surface area contributed by atoms with E-state index in [-0.39, 0.29) is 12.4 Å². The van der Waals surface area contributed by atoms with E-state index in [1.165, 1.54) is 12.0 Å². The standard InChI is InChI=1S/C13H21N.ClH/c1-11(2)9-10-14-12(3)13-7-5-4-6-8-13;/h4-8,11-12,14H,9-10H2,1-3H3;1H. The maximum Gasteiger partial charge on any atom is 0.0291 e. The smallest absolute Gasteiger partial charge is 0.0291 e. The third-order valence-corrected chi connectivity index (χ3v) is 2.47. The van der Waals surface area contributed by atoms with Crippen LogP contribution in [0.15, 0.2) is 30.3 Å². The molecule has 0 aromatic heterocycles. The Morgan fingerprint density at radius 2 is 1.67 bits per heavy atom. The summed E-state index contributed by atoms with van der Waals surface area (Å²) in [4.78, 5) is 0. The molecule has 1 nitrogen and oxygen atoms in total. The Labute approximate surface area is 99.7 Å². The Morgan fingerprint density at radius 3 is 2.20 bits per heavy atom. The van der Waals surface area contributed by atoms with Crippen LogP contribution in [0.25, 0.3) is 0 Å². The molecule has 0 aliphatic heterocycles. The van der Waals surface area contributed by atoms with E-state index in [9.17, 15) is 0 Å². The summed E-state index contributed by atoms with van der Waals surface area (Å²) in [5.74, 6) is 0.783. The van der Waals surface area contributed by atoms with Crippen molar-refractivity contribution in [1.29, 1.82) is 0 Å². The lowest BCUT2D eigenvalue weighted by molar-refractivity contribution is 0.497. The average molecular weight is 228 g/mol. The molecule has 1 rings (SSSR count). The van der Waals surface area contributed by atoms with Gasteiger partial charge in [-0.1, -0.05) is 44.2 Å². The summed E-state index contributed by atoms with van der Waals surface area (Å²) in [7, 11) is 0. The Hall–Kier alpha value is -0.530. The molecule has 15 heavy (non-hydrogen) atoms. The SMILES string of the molecule is CC(C)CCNC(C)c1ccccc1.Cl. The highest BCUT2D eigenvalue weighted by molar-refractivity contribution is 5.85. The highest BCUT2D eigenvalue weighted by Gasteiger charge is 2.03. The zero-order valence-electron chi connectivity index (χ0n) is 9.86. The Kier molecular flexibility index (Phi) is 7.45. The van der Waals surface area contributed by atoms with Crippen molar-refractivity contribution < 1.29 is 0 Å². The van der Waals surface area contributed by atoms with Crippen LogP contribution in [0.1, 0.15) is 38.8 Å². The van der Waals surface area contributed by atoms with Gasteiger partial charge in [-0.25, -0.2) is 0 Å². The molecule has 1 aromatic rings. The van der Waals surface area contributed by atoms with Crippen molar-refractivity contribution in [2.24, 2.45) is 5.92 Å². The van der Waals surface area contributed by atoms with E-state index in [1.807, 2.05) is 0 Å². The second-order valence-corrected chi connectivity index (χ2v) is 4.27. The van der Waals surface area contributed by atoms with Crippen molar-refractivity contribution in [3.8, 4) is 0 Å². The summed E-state index contributed by atoms with van der Waals surface area (Å²) in [6.07, 6.45) is 1.25. The lowest BCUT2D eigenvalue weighted by Crippen LogP contribution is -2.20. The molecular weight excluding hydrogens is 206 g/mol. The molecule has 2 heteroatoms. The molecule has 1 N–H and O–H groups in total. The number of nitrogens with one attached hydrogen (secondary N) is 1. The number of hydrogen-bond donors (Lipinski definition) is 1. The molecule has 0 fully saturated rings. The fraction of sp³-hybridized carbons (Fsp3) is 0.538. The minimum absolute atomic E-state index is 0. The predicted molar refractivity (Wildman–Crippen MR) is 69.6 cm³/mol. The maximum atomic E-state index is 3.53. The summed E-state index contributed by atoms with van der Waals surface area (Å²) < 4.78 is 0. The first-order chi connectivity index (χ1) is 6.70. The molecule has 1 unspecified atom stereocenters. The summed E-state index contributed by atoms with van der Waals surface area (Å²) in [6, 6.07) is 11.1. The normalized spacial score (nSPS) is 12.3. The van der Waals surface area contributed by atoms with Gasteiger partial charge in [0.1, 0.15) is 0 Å². The third-order valence-electron chi connectivity index (χ3n) is 2.47. The zero-order chi connectivity index (χ0) is 10.4. The summed E-state index contributed by atoms with van der Waals surface area (Å²) >= 11 is 0. The van der Waals surface area contributed by atoms with Crippen LogP contribution in [-0.2, 0) is 0 Å². The maximum absolute atomic E-state index is 3.53. The van der Waals surface area contributed by atoms with Crippen LogP contribution in [0.3, 0.4) is 0 Å². The molecule has 0 aliphatic carbocycles. The van der Waals surface area contributed by atoms with Gasteiger partial charge in [-0.2, -0.15) is 0 Å². The van der Waals surface area contributed by atoms with E-state index in [1.54, 1.807) is 0 Å². The number of hydrogen-bond acceptors (Lipinski definition) is 1. The zero-order valence-corrected chi connectivity index (χ0v) is 10.7. The molecule has 0 amide bonds. The van der Waals surface area contributed by atoms with Crippen molar-refractivity contribution in [3.05, 3.63) is 35.9 Å². The minimum Gasteiger partial charge on any atom is -0.310 e. The molecule has 0 bridgehead atoms. The van der Waals surface area contributed by atoms with Crippen LogP contribution in [0.2, 0.25) is 0 Å². The van der Waals surface area contributed by atoms with Gasteiger partial charge in [-0.15, -0.1) is 12.4 Å². The van der Waals surface area contributed by atoms with Crippen LogP contribution in [0, 0.1) is 5.92 Å². The lowest BCUT2D eigenvalue weighted by atomic mass is 10.1. The van der Waals surface area contributed by atoms with Crippen molar-refractivity contribution in [2.45, 2.75) is 33.2 Å². The van der Waals surface area contributed by atoms with Crippen LogP contribution in [0.5, 0.6) is 0 Å². The lowest BCUT2D eigenvalue weighted by Gasteiger charge is -2.14. The highest BCUT2D eigenvalue weighted by Crippen LogP contribution is 2.11. The number of halogens is 1. The first kappa shape index (κ1) is 14.5. The third kappa shape index (κ3) is 5.81. The fourth-order valence-corrected chi connectivity index (χ4v) is 1.45. The van der Waals surface area contributed by atoms with Crippen LogP contribution in [0.4, 0.5) is 0 Å². The van der Waals surface area contributed by atoms with E-state index in [0.717, 1.165) is 12.5 Å². The van der Waals surface area contributed by atoms with E-state index in [0.29, 0.717) is 6.04 Å². The van der Waals surface area contributed by atoms with Gasteiger partial charge in [0.25, 0.3) is 0 Å². The van der Waals surface area contributed by atoms with E-state index in [4.69, 9.17) is 0 Å². The molecule has 1 aromatic carbocycles. The molecule has 0 saturated heterocycles. The minimum atomic E-state index is 0. The van der Waals surface area contributed by atoms with E-state index < -0.39 is 0 Å². The van der Waals surface area contributed by atoms with Crippen LogP contribution >= 0.6 is 12.4 Å². The largest absolute Gasteiger partial charge is 0.310 e. The summed E-state index contributed by atoms with van der Waals surface area (Å²) in [5, 5.41) is 3.53. The number of benzene rings is 1. The quantitative estimate of drug-likeness (QED) is 0.807. The summed E-state index contributed by atoms with van der Waals surface area (Å²) in [5.41, 5.74) is 1.37. The summed E-state index contributed by atoms with van der Waals surface area (Å²) in [6.45, 7) is 7.84. The first-order valence-electron chi connectivity index (χ1n) is 5.48.